The molecule has 1 aromatic rings. The van der Waals surface area contributed by atoms with Gasteiger partial charge in [0.25, 0.3) is 5.91 Å². The number of pyridine rings is 1. The number of aromatic hydroxyl groups is 1. The van der Waals surface area contributed by atoms with Crippen LogP contribution in [-0.2, 0) is 0 Å². The SMILES string of the molecule is CCC(CC)N(CC(F)(F)F)C(=O)c1cncc(O)c1. The molecule has 1 amide bonds. The van der Waals surface area contributed by atoms with E-state index in [0.717, 1.165) is 23.4 Å². The number of nitrogens with zero attached hydrogens (tertiary/aromatic N) is 2. The Balaban J connectivity index is 3.06. The number of rotatable bonds is 5. The molecule has 7 heteroatoms. The zero-order valence-corrected chi connectivity index (χ0v) is 11.3. The van der Waals surface area contributed by atoms with Gasteiger partial charge in [-0.1, -0.05) is 13.8 Å². The monoisotopic (exact) mass is 290 g/mol. The minimum Gasteiger partial charge on any atom is -0.506 e. The van der Waals surface area contributed by atoms with Gasteiger partial charge in [-0.2, -0.15) is 13.2 Å². The van der Waals surface area contributed by atoms with Gasteiger partial charge in [0.15, 0.2) is 0 Å². The summed E-state index contributed by atoms with van der Waals surface area (Å²) >= 11 is 0. The topological polar surface area (TPSA) is 53.4 Å². The molecule has 0 saturated carbocycles. The van der Waals surface area contributed by atoms with Gasteiger partial charge in [0.05, 0.1) is 11.8 Å². The molecule has 0 fully saturated rings. The highest BCUT2D eigenvalue weighted by atomic mass is 19.4. The molecule has 0 bridgehead atoms. The standard InChI is InChI=1S/C13H17F3N2O2/c1-3-10(4-2)18(8-13(14,15)16)12(20)9-5-11(19)7-17-6-9/h5-7,10,19H,3-4,8H2,1-2H3. The van der Waals surface area contributed by atoms with Crippen LogP contribution in [0, 0.1) is 0 Å². The van der Waals surface area contributed by atoms with Crippen LogP contribution in [0.15, 0.2) is 18.5 Å². The van der Waals surface area contributed by atoms with Crippen LogP contribution in [0.1, 0.15) is 37.0 Å². The molecule has 1 aromatic heterocycles. The van der Waals surface area contributed by atoms with Crippen LogP contribution < -0.4 is 0 Å². The van der Waals surface area contributed by atoms with E-state index in [4.69, 9.17) is 0 Å². The van der Waals surface area contributed by atoms with Crippen molar-refractivity contribution in [2.24, 2.45) is 0 Å². The van der Waals surface area contributed by atoms with E-state index in [1.54, 1.807) is 13.8 Å². The third kappa shape index (κ3) is 4.40. The van der Waals surface area contributed by atoms with Crippen molar-refractivity contribution in [3.05, 3.63) is 24.0 Å². The Bertz CT molecular complexity index is 459. The first-order valence-corrected chi connectivity index (χ1v) is 6.30. The molecule has 1 N–H and O–H groups in total. The maximum Gasteiger partial charge on any atom is 0.406 e. The normalized spacial score (nSPS) is 11.7. The number of hydrogen-bond acceptors (Lipinski definition) is 3. The van der Waals surface area contributed by atoms with E-state index in [0.29, 0.717) is 12.8 Å². The Kier molecular flexibility index (Phi) is 5.35. The molecule has 0 aliphatic heterocycles. The molecule has 0 aliphatic carbocycles. The first-order valence-electron chi connectivity index (χ1n) is 6.30. The van der Waals surface area contributed by atoms with Crippen LogP contribution >= 0.6 is 0 Å². The third-order valence-corrected chi connectivity index (χ3v) is 2.96. The van der Waals surface area contributed by atoms with Crippen molar-refractivity contribution in [3.63, 3.8) is 0 Å². The summed E-state index contributed by atoms with van der Waals surface area (Å²) in [7, 11) is 0. The van der Waals surface area contributed by atoms with Gasteiger partial charge in [-0.15, -0.1) is 0 Å². The number of aromatic nitrogens is 1. The molecular weight excluding hydrogens is 273 g/mol. The average molecular weight is 290 g/mol. The molecule has 0 aliphatic rings. The zero-order valence-electron chi connectivity index (χ0n) is 11.3. The highest BCUT2D eigenvalue weighted by Crippen LogP contribution is 2.23. The van der Waals surface area contributed by atoms with Crippen LogP contribution in [0.25, 0.3) is 0 Å². The molecule has 0 atom stereocenters. The lowest BCUT2D eigenvalue weighted by Crippen LogP contribution is -2.45. The van der Waals surface area contributed by atoms with Gasteiger partial charge < -0.3 is 10.0 Å². The molecule has 0 radical (unpaired) electrons. The van der Waals surface area contributed by atoms with Crippen molar-refractivity contribution in [2.45, 2.75) is 38.9 Å². The summed E-state index contributed by atoms with van der Waals surface area (Å²) in [4.78, 5) is 16.6. The fraction of sp³-hybridized carbons (Fsp3) is 0.538. The molecule has 20 heavy (non-hydrogen) atoms. The van der Waals surface area contributed by atoms with Gasteiger partial charge >= 0.3 is 6.18 Å². The quantitative estimate of drug-likeness (QED) is 0.907. The summed E-state index contributed by atoms with van der Waals surface area (Å²) in [5, 5.41) is 9.27. The van der Waals surface area contributed by atoms with E-state index in [1.165, 1.54) is 0 Å². The Morgan fingerprint density at radius 3 is 2.40 bits per heavy atom. The van der Waals surface area contributed by atoms with Gasteiger partial charge in [-0.05, 0) is 18.9 Å². The molecular formula is C13H17F3N2O2. The summed E-state index contributed by atoms with van der Waals surface area (Å²) in [6.07, 6.45) is -1.37. The Morgan fingerprint density at radius 1 is 1.35 bits per heavy atom. The lowest BCUT2D eigenvalue weighted by Gasteiger charge is -2.31. The van der Waals surface area contributed by atoms with Gasteiger partial charge in [-0.3, -0.25) is 9.78 Å². The number of carbonyl (C=O) groups is 1. The van der Waals surface area contributed by atoms with E-state index in [-0.39, 0.29) is 11.3 Å². The van der Waals surface area contributed by atoms with E-state index >= 15 is 0 Å². The number of hydrogen-bond donors (Lipinski definition) is 1. The summed E-state index contributed by atoms with van der Waals surface area (Å²) < 4.78 is 37.9. The van der Waals surface area contributed by atoms with Crippen molar-refractivity contribution < 1.29 is 23.1 Å². The maximum atomic E-state index is 12.6. The second-order valence-electron chi connectivity index (χ2n) is 4.45. The predicted molar refractivity (Wildman–Crippen MR) is 67.4 cm³/mol. The molecule has 0 unspecified atom stereocenters. The van der Waals surface area contributed by atoms with Crippen LogP contribution in [0.4, 0.5) is 13.2 Å². The van der Waals surface area contributed by atoms with Crippen molar-refractivity contribution in [1.29, 1.82) is 0 Å². The Morgan fingerprint density at radius 2 is 1.95 bits per heavy atom. The zero-order chi connectivity index (χ0) is 15.3. The Hall–Kier alpha value is -1.79. The largest absolute Gasteiger partial charge is 0.506 e. The van der Waals surface area contributed by atoms with Crippen LogP contribution in [0.2, 0.25) is 0 Å². The highest BCUT2D eigenvalue weighted by Gasteiger charge is 2.36. The number of amides is 1. The van der Waals surface area contributed by atoms with E-state index in [1.807, 2.05) is 0 Å². The predicted octanol–water partition coefficient (Wildman–Crippen LogP) is 2.98. The lowest BCUT2D eigenvalue weighted by molar-refractivity contribution is -0.144. The summed E-state index contributed by atoms with van der Waals surface area (Å²) in [5.74, 6) is -1.04. The van der Waals surface area contributed by atoms with Gasteiger partial charge in [0, 0.05) is 12.2 Å². The third-order valence-electron chi connectivity index (χ3n) is 2.96. The first-order chi connectivity index (χ1) is 9.28. The van der Waals surface area contributed by atoms with Crippen LogP contribution in [0.3, 0.4) is 0 Å². The summed E-state index contributed by atoms with van der Waals surface area (Å²) in [6, 6.07) is 0.604. The number of carbonyl (C=O) groups excluding carboxylic acids is 1. The Labute approximate surface area is 115 Å². The number of alkyl halides is 3. The van der Waals surface area contributed by atoms with Crippen LogP contribution in [-0.4, -0.2) is 39.7 Å². The fourth-order valence-corrected chi connectivity index (χ4v) is 2.00. The van der Waals surface area contributed by atoms with Crippen molar-refractivity contribution >= 4 is 5.91 Å². The molecule has 0 saturated heterocycles. The first kappa shape index (κ1) is 16.3. The van der Waals surface area contributed by atoms with Gasteiger partial charge in [-0.25, -0.2) is 0 Å². The maximum absolute atomic E-state index is 12.6. The van der Waals surface area contributed by atoms with Gasteiger partial charge in [0.2, 0.25) is 0 Å². The molecule has 4 nitrogen and oxygen atoms in total. The molecule has 0 aromatic carbocycles. The lowest BCUT2D eigenvalue weighted by atomic mass is 10.1. The highest BCUT2D eigenvalue weighted by molar-refractivity contribution is 5.94. The summed E-state index contributed by atoms with van der Waals surface area (Å²) in [6.45, 7) is 2.14. The average Bonchev–Trinajstić information content (AvgIpc) is 2.36. The smallest absolute Gasteiger partial charge is 0.406 e. The van der Waals surface area contributed by atoms with Crippen LogP contribution in [0.5, 0.6) is 5.75 Å². The molecule has 1 heterocycles. The second kappa shape index (κ2) is 6.58. The van der Waals surface area contributed by atoms with E-state index in [9.17, 15) is 23.1 Å². The number of halogens is 3. The molecule has 1 rings (SSSR count). The minimum absolute atomic E-state index is 0.0545. The molecule has 0 spiro atoms. The summed E-state index contributed by atoms with van der Waals surface area (Å²) in [5.41, 5.74) is -0.0545. The second-order valence-corrected chi connectivity index (χ2v) is 4.45. The van der Waals surface area contributed by atoms with E-state index in [2.05, 4.69) is 4.98 Å². The fourth-order valence-electron chi connectivity index (χ4n) is 2.00. The van der Waals surface area contributed by atoms with Gasteiger partial charge in [0.1, 0.15) is 12.3 Å². The van der Waals surface area contributed by atoms with E-state index < -0.39 is 24.7 Å². The van der Waals surface area contributed by atoms with Crippen molar-refractivity contribution in [3.8, 4) is 5.75 Å². The van der Waals surface area contributed by atoms with Crippen molar-refractivity contribution in [2.75, 3.05) is 6.54 Å². The minimum atomic E-state index is -4.47. The molecule has 112 valence electrons. The van der Waals surface area contributed by atoms with Crippen molar-refractivity contribution in [1.82, 2.24) is 9.88 Å².